The number of ether oxygens (including phenoxy) is 1. The molecule has 2 aliphatic rings. The molecule has 0 saturated heterocycles. The minimum Gasteiger partial charge on any atom is -0.504 e. The van der Waals surface area contributed by atoms with Gasteiger partial charge in [-0.25, -0.2) is 0 Å². The number of carbonyl (C=O) groups is 1. The summed E-state index contributed by atoms with van der Waals surface area (Å²) in [5, 5.41) is 10.5. The van der Waals surface area contributed by atoms with E-state index < -0.39 is 0 Å². The molecule has 0 aliphatic heterocycles. The van der Waals surface area contributed by atoms with E-state index in [1.54, 1.807) is 7.11 Å². The SMILES string of the molecule is COc1c(O)c(C(C)=O)cc2c1[C@@]1(C)CCCC(C)(C)[C@H]1C2. The lowest BCUT2D eigenvalue weighted by atomic mass is 9.57. The van der Waals surface area contributed by atoms with E-state index in [-0.39, 0.29) is 22.4 Å². The lowest BCUT2D eigenvalue weighted by Gasteiger charge is -2.48. The van der Waals surface area contributed by atoms with Crippen molar-refractivity contribution in [3.05, 3.63) is 22.8 Å². The van der Waals surface area contributed by atoms with Crippen LogP contribution in [0.4, 0.5) is 0 Å². The number of ketones is 1. The Bertz CT molecular complexity index is 645. The monoisotopic (exact) mass is 302 g/mol. The van der Waals surface area contributed by atoms with Crippen molar-refractivity contribution < 1.29 is 14.6 Å². The summed E-state index contributed by atoms with van der Waals surface area (Å²) < 4.78 is 5.56. The molecular formula is C19H26O3. The number of carbonyl (C=O) groups excluding carboxylic acids is 1. The fourth-order valence-electron chi connectivity index (χ4n) is 5.10. The third-order valence-electron chi connectivity index (χ3n) is 6.15. The van der Waals surface area contributed by atoms with Gasteiger partial charge in [-0.1, -0.05) is 27.2 Å². The first kappa shape index (κ1) is 15.4. The van der Waals surface area contributed by atoms with Gasteiger partial charge in [0.05, 0.1) is 12.7 Å². The van der Waals surface area contributed by atoms with Gasteiger partial charge in [0.2, 0.25) is 0 Å². The molecule has 3 rings (SSSR count). The number of aromatic hydroxyl groups is 1. The van der Waals surface area contributed by atoms with Crippen molar-refractivity contribution in [1.29, 1.82) is 0 Å². The number of phenolic OH excluding ortho intramolecular Hbond substituents is 1. The second-order valence-corrected chi connectivity index (χ2v) is 7.91. The summed E-state index contributed by atoms with van der Waals surface area (Å²) in [6.07, 6.45) is 4.51. The Morgan fingerprint density at radius 2 is 2.00 bits per heavy atom. The van der Waals surface area contributed by atoms with Crippen molar-refractivity contribution >= 4 is 5.78 Å². The fraction of sp³-hybridized carbons (Fsp3) is 0.632. The Balaban J connectivity index is 2.25. The smallest absolute Gasteiger partial charge is 0.168 e. The number of benzene rings is 1. The predicted octanol–water partition coefficient (Wildman–Crippen LogP) is 4.24. The number of fused-ring (bicyclic) bond motifs is 3. The highest BCUT2D eigenvalue weighted by atomic mass is 16.5. The second-order valence-electron chi connectivity index (χ2n) is 7.91. The maximum atomic E-state index is 11.8. The molecule has 1 N–H and O–H groups in total. The van der Waals surface area contributed by atoms with Crippen LogP contribution in [0.5, 0.6) is 11.5 Å². The van der Waals surface area contributed by atoms with Crippen molar-refractivity contribution in [2.45, 2.75) is 58.8 Å². The van der Waals surface area contributed by atoms with Crippen molar-refractivity contribution in [1.82, 2.24) is 0 Å². The van der Waals surface area contributed by atoms with Crippen LogP contribution in [0.15, 0.2) is 6.07 Å². The lowest BCUT2D eigenvalue weighted by molar-refractivity contribution is 0.0689. The Kier molecular flexibility index (Phi) is 3.32. The average molecular weight is 302 g/mol. The van der Waals surface area contributed by atoms with Gasteiger partial charge in [-0.15, -0.1) is 0 Å². The van der Waals surface area contributed by atoms with Gasteiger partial charge < -0.3 is 9.84 Å². The molecular weight excluding hydrogens is 276 g/mol. The molecule has 22 heavy (non-hydrogen) atoms. The Morgan fingerprint density at radius 1 is 1.32 bits per heavy atom. The predicted molar refractivity (Wildman–Crippen MR) is 86.8 cm³/mol. The number of hydrogen-bond acceptors (Lipinski definition) is 3. The molecule has 1 saturated carbocycles. The second kappa shape index (κ2) is 4.74. The summed E-state index contributed by atoms with van der Waals surface area (Å²) in [6, 6.07) is 1.90. The van der Waals surface area contributed by atoms with Crippen LogP contribution in [0.1, 0.15) is 68.4 Å². The Labute approximate surface area is 132 Å². The Morgan fingerprint density at radius 3 is 2.59 bits per heavy atom. The molecule has 0 spiro atoms. The van der Waals surface area contributed by atoms with Crippen LogP contribution < -0.4 is 4.74 Å². The first-order chi connectivity index (χ1) is 10.2. The van der Waals surface area contributed by atoms with Crippen LogP contribution in [0.3, 0.4) is 0 Å². The molecule has 0 amide bonds. The Hall–Kier alpha value is -1.51. The summed E-state index contributed by atoms with van der Waals surface area (Å²) in [7, 11) is 1.59. The summed E-state index contributed by atoms with van der Waals surface area (Å²) in [5.41, 5.74) is 2.99. The molecule has 1 aromatic rings. The lowest BCUT2D eigenvalue weighted by Crippen LogP contribution is -2.42. The van der Waals surface area contributed by atoms with Gasteiger partial charge in [-0.05, 0) is 49.1 Å². The van der Waals surface area contributed by atoms with Crippen molar-refractivity contribution in [2.75, 3.05) is 7.11 Å². The highest BCUT2D eigenvalue weighted by molar-refractivity contribution is 5.98. The van der Waals surface area contributed by atoms with Crippen molar-refractivity contribution in [3.8, 4) is 11.5 Å². The van der Waals surface area contributed by atoms with E-state index >= 15 is 0 Å². The zero-order chi connectivity index (χ0) is 16.3. The van der Waals surface area contributed by atoms with E-state index in [2.05, 4.69) is 20.8 Å². The molecule has 0 bridgehead atoms. The van der Waals surface area contributed by atoms with Crippen LogP contribution >= 0.6 is 0 Å². The van der Waals surface area contributed by atoms with E-state index in [9.17, 15) is 9.90 Å². The van der Waals surface area contributed by atoms with Gasteiger partial charge in [0.1, 0.15) is 0 Å². The first-order valence-electron chi connectivity index (χ1n) is 8.16. The highest BCUT2D eigenvalue weighted by Gasteiger charge is 2.53. The molecule has 120 valence electrons. The normalized spacial score (nSPS) is 28.9. The molecule has 0 aromatic heterocycles. The van der Waals surface area contributed by atoms with E-state index in [0.29, 0.717) is 17.2 Å². The summed E-state index contributed by atoms with van der Waals surface area (Å²) in [4.78, 5) is 11.8. The number of Topliss-reactive ketones (excluding diaryl/α,β-unsaturated/α-hetero) is 1. The summed E-state index contributed by atoms with van der Waals surface area (Å²) >= 11 is 0. The molecule has 0 unspecified atom stereocenters. The van der Waals surface area contributed by atoms with Gasteiger partial charge in [0, 0.05) is 11.0 Å². The molecule has 0 heterocycles. The number of phenols is 1. The van der Waals surface area contributed by atoms with E-state index in [4.69, 9.17) is 4.74 Å². The van der Waals surface area contributed by atoms with Gasteiger partial charge in [-0.2, -0.15) is 0 Å². The minimum atomic E-state index is -0.113. The quantitative estimate of drug-likeness (QED) is 0.831. The van der Waals surface area contributed by atoms with E-state index in [1.165, 1.54) is 25.3 Å². The van der Waals surface area contributed by atoms with E-state index in [0.717, 1.165) is 18.4 Å². The molecule has 1 aromatic carbocycles. The van der Waals surface area contributed by atoms with E-state index in [1.807, 2.05) is 6.07 Å². The van der Waals surface area contributed by atoms with Gasteiger partial charge in [0.25, 0.3) is 0 Å². The third kappa shape index (κ3) is 1.90. The maximum absolute atomic E-state index is 11.8. The van der Waals surface area contributed by atoms with Crippen LogP contribution in [0, 0.1) is 11.3 Å². The zero-order valence-electron chi connectivity index (χ0n) is 14.2. The summed E-state index contributed by atoms with van der Waals surface area (Å²) in [5.74, 6) is 0.946. The fourth-order valence-corrected chi connectivity index (χ4v) is 5.10. The molecule has 2 atom stereocenters. The molecule has 1 fully saturated rings. The van der Waals surface area contributed by atoms with Crippen molar-refractivity contribution in [3.63, 3.8) is 0 Å². The van der Waals surface area contributed by atoms with Crippen LogP contribution in [0.2, 0.25) is 0 Å². The maximum Gasteiger partial charge on any atom is 0.168 e. The van der Waals surface area contributed by atoms with Crippen LogP contribution in [-0.2, 0) is 11.8 Å². The molecule has 3 nitrogen and oxygen atoms in total. The molecule has 0 radical (unpaired) electrons. The van der Waals surface area contributed by atoms with Crippen molar-refractivity contribution in [2.24, 2.45) is 11.3 Å². The minimum absolute atomic E-state index is 0.0130. The number of rotatable bonds is 2. The molecule has 3 heteroatoms. The largest absolute Gasteiger partial charge is 0.504 e. The molecule has 2 aliphatic carbocycles. The highest BCUT2D eigenvalue weighted by Crippen LogP contribution is 2.61. The summed E-state index contributed by atoms with van der Waals surface area (Å²) in [6.45, 7) is 8.49. The van der Waals surface area contributed by atoms with Gasteiger partial charge in [-0.3, -0.25) is 4.79 Å². The van der Waals surface area contributed by atoms with Gasteiger partial charge in [0.15, 0.2) is 17.3 Å². The zero-order valence-corrected chi connectivity index (χ0v) is 14.2. The van der Waals surface area contributed by atoms with Crippen LogP contribution in [-0.4, -0.2) is 18.0 Å². The topological polar surface area (TPSA) is 46.5 Å². The van der Waals surface area contributed by atoms with Gasteiger partial charge >= 0.3 is 0 Å². The first-order valence-corrected chi connectivity index (χ1v) is 8.16. The average Bonchev–Trinajstić information content (AvgIpc) is 2.72. The third-order valence-corrected chi connectivity index (χ3v) is 6.15. The standard InChI is InChI=1S/C19H26O3/c1-11(20)13-9-12-10-14-18(2,3)7-6-8-19(14,4)15(12)17(22-5)16(13)21/h9,14,21H,6-8,10H2,1-5H3/t14-,19+/m1/s1. The van der Waals surface area contributed by atoms with Crippen LogP contribution in [0.25, 0.3) is 0 Å². The number of hydrogen-bond donors (Lipinski definition) is 1. The number of methoxy groups -OCH3 is 1.